The molecule has 0 bridgehead atoms. The molecule has 1 heterocycles. The van der Waals surface area contributed by atoms with Gasteiger partial charge in [0, 0.05) is 30.7 Å². The van der Waals surface area contributed by atoms with Crippen molar-refractivity contribution in [3.8, 4) is 5.75 Å². The van der Waals surface area contributed by atoms with E-state index in [0.717, 1.165) is 17.3 Å². The molecule has 1 aromatic heterocycles. The third kappa shape index (κ3) is 2.31. The number of benzene rings is 1. The van der Waals surface area contributed by atoms with Gasteiger partial charge in [0.25, 0.3) is 0 Å². The Morgan fingerprint density at radius 3 is 2.95 bits per heavy atom. The molecular formula is C15H19N3OS. The number of aromatic nitrogens is 2. The standard InChI is InChI=1S/C15H19N3OS/c1-16-14-12-9-11(19-3)5-4-10(12)8-13(14)20-15-17-6-7-18(15)2/h4-7,9,13-14,16H,8H2,1-3H3. The first-order chi connectivity index (χ1) is 9.72. The van der Waals surface area contributed by atoms with E-state index in [1.807, 2.05) is 44.3 Å². The van der Waals surface area contributed by atoms with Gasteiger partial charge in [0.15, 0.2) is 5.16 Å². The van der Waals surface area contributed by atoms with Crippen molar-refractivity contribution in [2.24, 2.45) is 7.05 Å². The van der Waals surface area contributed by atoms with Crippen molar-refractivity contribution in [1.29, 1.82) is 0 Å². The van der Waals surface area contributed by atoms with E-state index in [2.05, 4.69) is 27.0 Å². The van der Waals surface area contributed by atoms with Crippen LogP contribution in [-0.4, -0.2) is 29.0 Å². The lowest BCUT2D eigenvalue weighted by atomic mass is 10.1. The molecule has 0 saturated heterocycles. The van der Waals surface area contributed by atoms with Gasteiger partial charge in [-0.2, -0.15) is 0 Å². The lowest BCUT2D eigenvalue weighted by Gasteiger charge is -2.19. The highest BCUT2D eigenvalue weighted by molar-refractivity contribution is 7.99. The highest BCUT2D eigenvalue weighted by atomic mass is 32.2. The Bertz CT molecular complexity index is 611. The van der Waals surface area contributed by atoms with E-state index >= 15 is 0 Å². The third-order valence-corrected chi connectivity index (χ3v) is 5.17. The van der Waals surface area contributed by atoms with Gasteiger partial charge < -0.3 is 14.6 Å². The summed E-state index contributed by atoms with van der Waals surface area (Å²) in [4.78, 5) is 4.42. The largest absolute Gasteiger partial charge is 0.497 e. The summed E-state index contributed by atoms with van der Waals surface area (Å²) in [5.41, 5.74) is 2.75. The monoisotopic (exact) mass is 289 g/mol. The van der Waals surface area contributed by atoms with Gasteiger partial charge >= 0.3 is 0 Å². The molecule has 1 aromatic carbocycles. The molecule has 2 aromatic rings. The molecule has 0 saturated carbocycles. The molecule has 0 spiro atoms. The first-order valence-corrected chi connectivity index (χ1v) is 7.59. The van der Waals surface area contributed by atoms with Gasteiger partial charge in [-0.05, 0) is 36.7 Å². The Kier molecular flexibility index (Phi) is 3.72. The first kappa shape index (κ1) is 13.5. The van der Waals surface area contributed by atoms with E-state index in [9.17, 15) is 0 Å². The average Bonchev–Trinajstić information content (AvgIpc) is 3.02. The van der Waals surface area contributed by atoms with Gasteiger partial charge in [0.05, 0.1) is 7.11 Å². The fourth-order valence-electron chi connectivity index (χ4n) is 2.76. The van der Waals surface area contributed by atoms with Gasteiger partial charge in [0.1, 0.15) is 5.75 Å². The number of nitrogens with one attached hydrogen (secondary N) is 1. The lowest BCUT2D eigenvalue weighted by molar-refractivity contribution is 0.413. The zero-order chi connectivity index (χ0) is 14.1. The molecule has 106 valence electrons. The van der Waals surface area contributed by atoms with Crippen LogP contribution in [0.1, 0.15) is 17.2 Å². The number of thioether (sulfide) groups is 1. The van der Waals surface area contributed by atoms with Gasteiger partial charge in [-0.15, -0.1) is 0 Å². The fourth-order valence-corrected chi connectivity index (χ4v) is 4.06. The number of methoxy groups -OCH3 is 1. The number of aryl methyl sites for hydroxylation is 1. The van der Waals surface area contributed by atoms with E-state index < -0.39 is 0 Å². The molecule has 3 rings (SSSR count). The molecule has 5 heteroatoms. The Labute approximate surface area is 123 Å². The molecule has 0 amide bonds. The average molecular weight is 289 g/mol. The highest BCUT2D eigenvalue weighted by Gasteiger charge is 2.33. The number of hydrogen-bond acceptors (Lipinski definition) is 4. The Balaban J connectivity index is 1.87. The summed E-state index contributed by atoms with van der Waals surface area (Å²) >= 11 is 1.84. The molecule has 2 unspecified atom stereocenters. The topological polar surface area (TPSA) is 39.1 Å². The number of rotatable bonds is 4. The predicted molar refractivity (Wildman–Crippen MR) is 81.4 cm³/mol. The molecule has 1 aliphatic carbocycles. The number of imidazole rings is 1. The molecular weight excluding hydrogens is 270 g/mol. The van der Waals surface area contributed by atoms with Gasteiger partial charge in [-0.1, -0.05) is 17.8 Å². The van der Waals surface area contributed by atoms with Crippen molar-refractivity contribution < 1.29 is 4.74 Å². The summed E-state index contributed by atoms with van der Waals surface area (Å²) in [5.74, 6) is 0.923. The van der Waals surface area contributed by atoms with Gasteiger partial charge in [-0.25, -0.2) is 4.98 Å². The Morgan fingerprint density at radius 1 is 1.45 bits per heavy atom. The number of nitrogens with zero attached hydrogens (tertiary/aromatic N) is 2. The van der Waals surface area contributed by atoms with E-state index in [1.54, 1.807) is 7.11 Å². The highest BCUT2D eigenvalue weighted by Crippen LogP contribution is 2.41. The SMILES string of the molecule is CNC1c2cc(OC)ccc2CC1Sc1nccn1C. The number of fused-ring (bicyclic) bond motifs is 1. The van der Waals surface area contributed by atoms with Gasteiger partial charge in [0.2, 0.25) is 0 Å². The van der Waals surface area contributed by atoms with Crippen LogP contribution in [0.3, 0.4) is 0 Å². The Hall–Kier alpha value is -1.46. The molecule has 0 fully saturated rings. The summed E-state index contributed by atoms with van der Waals surface area (Å²) in [6, 6.07) is 6.70. The molecule has 1 N–H and O–H groups in total. The Morgan fingerprint density at radius 2 is 2.30 bits per heavy atom. The third-order valence-electron chi connectivity index (χ3n) is 3.83. The molecule has 2 atom stereocenters. The zero-order valence-electron chi connectivity index (χ0n) is 12.0. The number of ether oxygens (including phenoxy) is 1. The van der Waals surface area contributed by atoms with E-state index in [4.69, 9.17) is 4.74 Å². The summed E-state index contributed by atoms with van der Waals surface area (Å²) in [7, 11) is 5.77. The van der Waals surface area contributed by atoms with Gasteiger partial charge in [-0.3, -0.25) is 0 Å². The van der Waals surface area contributed by atoms with Crippen LogP contribution in [-0.2, 0) is 13.5 Å². The lowest BCUT2D eigenvalue weighted by Crippen LogP contribution is -2.23. The van der Waals surface area contributed by atoms with Crippen LogP contribution in [0.5, 0.6) is 5.75 Å². The van der Waals surface area contributed by atoms with Crippen molar-refractivity contribution in [2.75, 3.05) is 14.2 Å². The molecule has 20 heavy (non-hydrogen) atoms. The van der Waals surface area contributed by atoms with Crippen molar-refractivity contribution >= 4 is 11.8 Å². The second kappa shape index (κ2) is 5.50. The second-order valence-electron chi connectivity index (χ2n) is 5.01. The van der Waals surface area contributed by atoms with E-state index in [0.29, 0.717) is 11.3 Å². The minimum Gasteiger partial charge on any atom is -0.497 e. The van der Waals surface area contributed by atoms with Crippen molar-refractivity contribution in [2.45, 2.75) is 22.9 Å². The number of hydrogen-bond donors (Lipinski definition) is 1. The van der Waals surface area contributed by atoms with E-state index in [-0.39, 0.29) is 0 Å². The summed E-state index contributed by atoms with van der Waals surface area (Å²) in [5, 5.41) is 4.97. The summed E-state index contributed by atoms with van der Waals surface area (Å²) in [6.45, 7) is 0. The van der Waals surface area contributed by atoms with Crippen LogP contribution in [0.25, 0.3) is 0 Å². The minimum absolute atomic E-state index is 0.335. The van der Waals surface area contributed by atoms with Crippen LogP contribution < -0.4 is 10.1 Å². The minimum atomic E-state index is 0.335. The van der Waals surface area contributed by atoms with Crippen molar-refractivity contribution in [1.82, 2.24) is 14.9 Å². The smallest absolute Gasteiger partial charge is 0.168 e. The second-order valence-corrected chi connectivity index (χ2v) is 6.22. The normalized spacial score (nSPS) is 20.9. The van der Waals surface area contributed by atoms with E-state index in [1.165, 1.54) is 11.1 Å². The maximum absolute atomic E-state index is 5.34. The van der Waals surface area contributed by atoms with Crippen LogP contribution >= 0.6 is 11.8 Å². The maximum atomic E-state index is 5.34. The molecule has 0 aliphatic heterocycles. The van der Waals surface area contributed by atoms with Crippen LogP contribution in [0, 0.1) is 0 Å². The van der Waals surface area contributed by atoms with Crippen LogP contribution in [0.2, 0.25) is 0 Å². The zero-order valence-corrected chi connectivity index (χ0v) is 12.8. The van der Waals surface area contributed by atoms with Crippen LogP contribution in [0.4, 0.5) is 0 Å². The molecule has 4 nitrogen and oxygen atoms in total. The van der Waals surface area contributed by atoms with Crippen molar-refractivity contribution in [3.05, 3.63) is 41.7 Å². The summed E-state index contributed by atoms with van der Waals surface area (Å²) in [6.07, 6.45) is 4.89. The molecule has 1 aliphatic rings. The quantitative estimate of drug-likeness (QED) is 0.938. The predicted octanol–water partition coefficient (Wildman–Crippen LogP) is 2.41. The first-order valence-electron chi connectivity index (χ1n) is 6.71. The van der Waals surface area contributed by atoms with Crippen molar-refractivity contribution in [3.63, 3.8) is 0 Å². The maximum Gasteiger partial charge on any atom is 0.168 e. The van der Waals surface area contributed by atoms with Crippen LogP contribution in [0.15, 0.2) is 35.7 Å². The summed E-state index contributed by atoms with van der Waals surface area (Å²) < 4.78 is 7.41. The fraction of sp³-hybridized carbons (Fsp3) is 0.400. The molecule has 0 radical (unpaired) electrons.